The molecule has 2 unspecified atom stereocenters. The molecule has 0 bridgehead atoms. The van der Waals surface area contributed by atoms with E-state index in [1.165, 1.54) is 6.08 Å². The van der Waals surface area contributed by atoms with Crippen molar-refractivity contribution in [1.29, 1.82) is 0 Å². The van der Waals surface area contributed by atoms with Crippen LogP contribution in [0, 0.1) is 5.92 Å². The van der Waals surface area contributed by atoms with Crippen molar-refractivity contribution in [3.05, 3.63) is 48.2 Å². The number of fused-ring (bicyclic) bond motifs is 1. The SMILES string of the molecule is C=CCOC(=O)C1=C(C(C)=CC2CCC(CO[Si](C)(C)C(C)(C)C)N2C(=O)OCC=C)C[C@@H]2[C@@H]([C@@H](C)O[Si](C)(C)C(C)(C)C)C(=O)N12. The molecule has 3 heterocycles. The lowest BCUT2D eigenvalue weighted by Gasteiger charge is -2.48. The van der Waals surface area contributed by atoms with E-state index >= 15 is 0 Å². The van der Waals surface area contributed by atoms with E-state index in [4.69, 9.17) is 18.3 Å². The van der Waals surface area contributed by atoms with Gasteiger partial charge in [0.1, 0.15) is 18.9 Å². The molecule has 2 fully saturated rings. The minimum absolute atomic E-state index is 0.000625. The molecule has 5 atom stereocenters. The van der Waals surface area contributed by atoms with Crippen LogP contribution in [0.2, 0.25) is 36.3 Å². The fourth-order valence-corrected chi connectivity index (χ4v) is 8.62. The van der Waals surface area contributed by atoms with E-state index in [0.717, 1.165) is 24.0 Å². The molecule has 11 heteroatoms. The molecule has 0 spiro atoms. The number of hydrogen-bond acceptors (Lipinski definition) is 7. The van der Waals surface area contributed by atoms with Gasteiger partial charge in [0.05, 0.1) is 36.8 Å². The summed E-state index contributed by atoms with van der Waals surface area (Å²) in [7, 11) is -4.18. The number of amides is 2. The van der Waals surface area contributed by atoms with Crippen LogP contribution in [0.5, 0.6) is 0 Å². The Morgan fingerprint density at radius 1 is 0.957 bits per heavy atom. The Kier molecular flexibility index (Phi) is 12.1. The van der Waals surface area contributed by atoms with Gasteiger partial charge in [-0.1, -0.05) is 72.9 Å². The molecular weight excluding hydrogens is 629 g/mol. The number of esters is 1. The van der Waals surface area contributed by atoms with Crippen LogP contribution in [0.3, 0.4) is 0 Å². The van der Waals surface area contributed by atoms with Crippen LogP contribution < -0.4 is 0 Å². The van der Waals surface area contributed by atoms with Crippen molar-refractivity contribution in [2.45, 2.75) is 135 Å². The van der Waals surface area contributed by atoms with Crippen LogP contribution in [0.4, 0.5) is 4.79 Å². The van der Waals surface area contributed by atoms with E-state index in [1.54, 1.807) is 15.9 Å². The lowest BCUT2D eigenvalue weighted by Crippen LogP contribution is -2.63. The van der Waals surface area contributed by atoms with Crippen molar-refractivity contribution in [2.24, 2.45) is 5.92 Å². The van der Waals surface area contributed by atoms with Gasteiger partial charge in [0.15, 0.2) is 16.6 Å². The summed E-state index contributed by atoms with van der Waals surface area (Å²) in [5.41, 5.74) is 1.88. The molecule has 0 aliphatic carbocycles. The molecule has 9 nitrogen and oxygen atoms in total. The highest BCUT2D eigenvalue weighted by atomic mass is 28.4. The summed E-state index contributed by atoms with van der Waals surface area (Å²) < 4.78 is 24.2. The van der Waals surface area contributed by atoms with E-state index in [2.05, 4.69) is 80.9 Å². The van der Waals surface area contributed by atoms with Crippen LogP contribution in [0.25, 0.3) is 0 Å². The first kappa shape index (κ1) is 39.0. The first-order valence-corrected chi connectivity index (χ1v) is 22.8. The average Bonchev–Trinajstić information content (AvgIpc) is 3.51. The van der Waals surface area contributed by atoms with E-state index in [-0.39, 0.29) is 65.0 Å². The molecule has 0 aromatic rings. The largest absolute Gasteiger partial charge is 0.457 e. The molecule has 3 aliphatic heterocycles. The van der Waals surface area contributed by atoms with Crippen LogP contribution in [0.1, 0.15) is 74.7 Å². The first-order chi connectivity index (χ1) is 21.6. The minimum atomic E-state index is -2.13. The third kappa shape index (κ3) is 8.22. The molecule has 264 valence electrons. The monoisotopic (exact) mass is 688 g/mol. The number of carbonyl (C=O) groups excluding carboxylic acids is 3. The normalized spacial score (nSPS) is 24.6. The first-order valence-electron chi connectivity index (χ1n) is 17.0. The third-order valence-corrected chi connectivity index (χ3v) is 20.0. The number of hydrogen-bond donors (Lipinski definition) is 0. The van der Waals surface area contributed by atoms with E-state index in [0.29, 0.717) is 13.0 Å². The summed E-state index contributed by atoms with van der Waals surface area (Å²) in [5, 5.41) is 0.0395. The molecule has 0 saturated carbocycles. The highest BCUT2D eigenvalue weighted by Gasteiger charge is 2.58. The highest BCUT2D eigenvalue weighted by Crippen LogP contribution is 2.48. The summed E-state index contributed by atoms with van der Waals surface area (Å²) in [6.07, 6.45) is 6.40. The summed E-state index contributed by atoms with van der Waals surface area (Å²) >= 11 is 0. The van der Waals surface area contributed by atoms with Crippen molar-refractivity contribution in [3.8, 4) is 0 Å². The molecule has 0 N–H and O–H groups in total. The molecular formula is C36H60N2O7Si2. The molecule has 2 amide bonds. The van der Waals surface area contributed by atoms with Crippen molar-refractivity contribution in [1.82, 2.24) is 9.80 Å². The van der Waals surface area contributed by atoms with Crippen LogP contribution in [0.15, 0.2) is 48.2 Å². The maximum atomic E-state index is 13.7. The smallest absolute Gasteiger partial charge is 0.410 e. The second-order valence-electron chi connectivity index (χ2n) is 16.3. The predicted molar refractivity (Wildman–Crippen MR) is 192 cm³/mol. The van der Waals surface area contributed by atoms with Gasteiger partial charge in [-0.25, -0.2) is 9.59 Å². The van der Waals surface area contributed by atoms with Crippen molar-refractivity contribution >= 4 is 34.6 Å². The number of likely N-dealkylation sites (tertiary alicyclic amines) is 1. The summed E-state index contributed by atoms with van der Waals surface area (Å²) in [6, 6.07) is -0.613. The highest BCUT2D eigenvalue weighted by molar-refractivity contribution is 6.74. The quantitative estimate of drug-likeness (QED) is 0.0846. The lowest BCUT2D eigenvalue weighted by atomic mass is 9.82. The Bertz CT molecular complexity index is 1290. The third-order valence-electron chi connectivity index (χ3n) is 11.0. The van der Waals surface area contributed by atoms with Crippen LogP contribution in [-0.4, -0.2) is 88.5 Å². The van der Waals surface area contributed by atoms with Crippen LogP contribution >= 0.6 is 0 Å². The number of allylic oxidation sites excluding steroid dienone is 1. The van der Waals surface area contributed by atoms with E-state index < -0.39 is 28.7 Å². The van der Waals surface area contributed by atoms with Gasteiger partial charge in [-0.15, -0.1) is 0 Å². The summed E-state index contributed by atoms with van der Waals surface area (Å²) in [5.74, 6) is -1.02. The molecule has 0 aromatic carbocycles. The molecule has 0 aromatic heterocycles. The Morgan fingerprint density at radius 2 is 1.53 bits per heavy atom. The molecule has 47 heavy (non-hydrogen) atoms. The Labute approximate surface area is 285 Å². The van der Waals surface area contributed by atoms with E-state index in [1.807, 2.05) is 19.9 Å². The van der Waals surface area contributed by atoms with E-state index in [9.17, 15) is 14.4 Å². The van der Waals surface area contributed by atoms with Gasteiger partial charge in [-0.3, -0.25) is 9.69 Å². The second kappa shape index (κ2) is 14.6. The molecule has 3 aliphatic rings. The Hall–Kier alpha value is -2.48. The van der Waals surface area contributed by atoms with Gasteiger partial charge < -0.3 is 23.2 Å². The zero-order valence-electron chi connectivity index (χ0n) is 31.0. The summed E-state index contributed by atoms with van der Waals surface area (Å²) in [4.78, 5) is 44.0. The fourth-order valence-electron chi connectivity index (χ4n) is 6.15. The number of carbonyl (C=O) groups is 3. The molecule has 3 rings (SSSR count). The van der Waals surface area contributed by atoms with Gasteiger partial charge >= 0.3 is 12.1 Å². The average molecular weight is 689 g/mol. The minimum Gasteiger partial charge on any atom is -0.457 e. The maximum Gasteiger partial charge on any atom is 0.410 e. The van der Waals surface area contributed by atoms with Crippen LogP contribution in [-0.2, 0) is 27.9 Å². The Balaban J connectivity index is 1.93. The van der Waals surface area contributed by atoms with Crippen molar-refractivity contribution in [3.63, 3.8) is 0 Å². The van der Waals surface area contributed by atoms with Gasteiger partial charge in [0, 0.05) is 0 Å². The lowest BCUT2D eigenvalue weighted by molar-refractivity contribution is -0.161. The van der Waals surface area contributed by atoms with Gasteiger partial charge in [0.2, 0.25) is 5.91 Å². The number of ether oxygens (including phenoxy) is 2. The van der Waals surface area contributed by atoms with Gasteiger partial charge in [0.25, 0.3) is 0 Å². The molecule has 0 radical (unpaired) electrons. The standard InChI is InChI=1S/C36H60N2O7Si2/c1-15-19-42-33(40)31-28(22-29-30(32(39)38(29)31)25(4)45-47(13,14)36(8,9)10)24(3)21-26-17-18-27(37(26)34(41)43-20-16-2)23-44-46(11,12)35(5,6)7/h15-16,21,25-27,29-30H,1-2,17-20,22-23H2,3-14H3/t25-,26?,27?,29-,30-/m1/s1. The van der Waals surface area contributed by atoms with Gasteiger partial charge in [-0.05, 0) is 80.5 Å². The number of rotatable bonds is 13. The second-order valence-corrected chi connectivity index (χ2v) is 25.9. The topological polar surface area (TPSA) is 94.6 Å². The van der Waals surface area contributed by atoms with Gasteiger partial charge in [-0.2, -0.15) is 0 Å². The van der Waals surface area contributed by atoms with Crippen molar-refractivity contribution in [2.75, 3.05) is 19.8 Å². The number of β-lactam (4-membered cyclic amide) rings is 1. The summed E-state index contributed by atoms with van der Waals surface area (Å²) in [6.45, 7) is 33.8. The predicted octanol–water partition coefficient (Wildman–Crippen LogP) is 7.73. The molecule has 2 saturated heterocycles. The fraction of sp³-hybridized carbons (Fsp3) is 0.694. The zero-order valence-corrected chi connectivity index (χ0v) is 33.0. The Morgan fingerprint density at radius 3 is 2.09 bits per heavy atom. The van der Waals surface area contributed by atoms with Crippen molar-refractivity contribution < 1.29 is 32.7 Å². The zero-order chi connectivity index (χ0) is 35.7. The number of nitrogens with zero attached hydrogens (tertiary/aromatic N) is 2. The maximum absolute atomic E-state index is 13.7.